The van der Waals surface area contributed by atoms with Gasteiger partial charge in [0, 0.05) is 17.4 Å². The second-order valence-electron chi connectivity index (χ2n) is 3.13. The van der Waals surface area contributed by atoms with Crippen molar-refractivity contribution in [2.45, 2.75) is 37.4 Å². The Kier molecular flexibility index (Phi) is 4.80. The molecule has 0 aromatic heterocycles. The van der Waals surface area contributed by atoms with Crippen LogP contribution in [-0.2, 0) is 14.6 Å². The molecule has 0 amide bonds. The van der Waals surface area contributed by atoms with Gasteiger partial charge >= 0.3 is 5.97 Å². The Hall–Kier alpha value is -0.0300. The molecule has 1 N–H and O–H groups in total. The summed E-state index contributed by atoms with van der Waals surface area (Å²) in [5.41, 5.74) is 0. The number of hydrogen-bond donors (Lipinski definition) is 1. The first-order valence-corrected chi connectivity index (χ1v) is 7.17. The van der Waals surface area contributed by atoms with Crippen molar-refractivity contribution in [2.24, 2.45) is 0 Å². The van der Waals surface area contributed by atoms with Gasteiger partial charge in [0.1, 0.15) is 0 Å². The van der Waals surface area contributed by atoms with Crippen molar-refractivity contribution in [1.82, 2.24) is 0 Å². The Bertz CT molecular complexity index is 206. The summed E-state index contributed by atoms with van der Waals surface area (Å²) in [4.78, 5) is 10.2. The lowest BCUT2D eigenvalue weighted by molar-refractivity contribution is -0.137. The van der Waals surface area contributed by atoms with Gasteiger partial charge in [0.05, 0.1) is 9.83 Å². The zero-order valence-corrected chi connectivity index (χ0v) is 9.03. The summed E-state index contributed by atoms with van der Waals surface area (Å²) in [5, 5.41) is 8.71. The maximum Gasteiger partial charge on any atom is 0.303 e. The minimum absolute atomic E-state index is 0.243. The lowest BCUT2D eigenvalue weighted by Gasteiger charge is -2.05. The minimum Gasteiger partial charge on any atom is -0.481 e. The van der Waals surface area contributed by atoms with Gasteiger partial charge in [-0.1, -0.05) is 17.2 Å². The summed E-state index contributed by atoms with van der Waals surface area (Å²) in [5.74, 6) is 0.262. The predicted octanol–water partition coefficient (Wildman–Crippen LogP) is 1.80. The summed E-state index contributed by atoms with van der Waals surface area (Å²) < 4.78 is 11.3. The molecular formula is C8H14O3S2. The number of aliphatic carboxylic acids is 1. The quantitative estimate of drug-likeness (QED) is 0.569. The van der Waals surface area contributed by atoms with E-state index in [1.165, 1.54) is 10.8 Å². The number of carboxylic acids is 1. The molecule has 0 aromatic carbocycles. The zero-order chi connectivity index (χ0) is 9.68. The number of carbonyl (C=O) groups is 1. The average molecular weight is 222 g/mol. The van der Waals surface area contributed by atoms with Crippen LogP contribution in [-0.4, -0.2) is 26.3 Å². The molecule has 76 valence electrons. The third-order valence-corrected chi connectivity index (χ3v) is 5.74. The van der Waals surface area contributed by atoms with Crippen molar-refractivity contribution in [1.29, 1.82) is 0 Å². The van der Waals surface area contributed by atoms with Crippen LogP contribution in [0.3, 0.4) is 0 Å². The first-order valence-electron chi connectivity index (χ1n) is 4.46. The van der Waals surface area contributed by atoms with E-state index in [0.717, 1.165) is 25.0 Å². The van der Waals surface area contributed by atoms with Crippen molar-refractivity contribution in [3.63, 3.8) is 0 Å². The number of carboxylic acid groups (broad SMARTS) is 1. The van der Waals surface area contributed by atoms with Gasteiger partial charge < -0.3 is 5.11 Å². The molecule has 1 fully saturated rings. The van der Waals surface area contributed by atoms with Gasteiger partial charge in [-0.3, -0.25) is 4.79 Å². The van der Waals surface area contributed by atoms with Crippen LogP contribution in [0.5, 0.6) is 0 Å². The van der Waals surface area contributed by atoms with Gasteiger partial charge in [-0.25, -0.2) is 4.21 Å². The van der Waals surface area contributed by atoms with Gasteiger partial charge in [0.2, 0.25) is 0 Å². The minimum atomic E-state index is -0.734. The second kappa shape index (κ2) is 5.65. The molecule has 0 bridgehead atoms. The number of hydrogen-bond acceptors (Lipinski definition) is 3. The van der Waals surface area contributed by atoms with Crippen LogP contribution in [0.1, 0.15) is 32.1 Å². The Labute approximate surface area is 84.1 Å². The molecule has 0 aliphatic carbocycles. The van der Waals surface area contributed by atoms with E-state index >= 15 is 0 Å². The largest absolute Gasteiger partial charge is 0.481 e. The van der Waals surface area contributed by atoms with E-state index in [1.807, 2.05) is 0 Å². The molecule has 0 aromatic rings. The summed E-state index contributed by atoms with van der Waals surface area (Å²) in [6.07, 6.45) is 3.81. The van der Waals surface area contributed by atoms with Crippen LogP contribution in [0, 0.1) is 0 Å². The van der Waals surface area contributed by atoms with Gasteiger partial charge in [-0.05, 0) is 19.3 Å². The van der Waals surface area contributed by atoms with E-state index in [4.69, 9.17) is 5.11 Å². The maximum atomic E-state index is 11.3. The lowest BCUT2D eigenvalue weighted by atomic mass is 10.1. The molecule has 5 heteroatoms. The van der Waals surface area contributed by atoms with E-state index in [2.05, 4.69) is 0 Å². The first-order chi connectivity index (χ1) is 6.20. The van der Waals surface area contributed by atoms with Gasteiger partial charge in [0.25, 0.3) is 0 Å². The van der Waals surface area contributed by atoms with Crippen LogP contribution in [0.4, 0.5) is 0 Å². The fourth-order valence-corrected chi connectivity index (χ4v) is 4.84. The van der Waals surface area contributed by atoms with Gasteiger partial charge in [-0.2, -0.15) is 0 Å². The predicted molar refractivity (Wildman–Crippen MR) is 55.1 cm³/mol. The Morgan fingerprint density at radius 3 is 2.85 bits per heavy atom. The topological polar surface area (TPSA) is 54.4 Å². The Morgan fingerprint density at radius 2 is 2.31 bits per heavy atom. The SMILES string of the molecule is O=C(O)CCCC[C@H]1CCS[S@]1=O. The fourth-order valence-electron chi connectivity index (χ4n) is 1.34. The number of rotatable bonds is 5. The smallest absolute Gasteiger partial charge is 0.303 e. The summed E-state index contributed by atoms with van der Waals surface area (Å²) in [6.45, 7) is 0. The molecule has 2 atom stereocenters. The summed E-state index contributed by atoms with van der Waals surface area (Å²) in [6, 6.07) is 0. The molecule has 0 saturated carbocycles. The summed E-state index contributed by atoms with van der Waals surface area (Å²) in [7, 11) is 0.820. The van der Waals surface area contributed by atoms with E-state index in [0.29, 0.717) is 11.7 Å². The molecular weight excluding hydrogens is 208 g/mol. The molecule has 0 spiro atoms. The molecule has 1 rings (SSSR count). The van der Waals surface area contributed by atoms with Gasteiger partial charge in [0.15, 0.2) is 0 Å². The highest BCUT2D eigenvalue weighted by Crippen LogP contribution is 2.29. The van der Waals surface area contributed by atoms with Crippen LogP contribution >= 0.6 is 10.8 Å². The Balaban J connectivity index is 2.05. The van der Waals surface area contributed by atoms with Crippen molar-refractivity contribution in [3.8, 4) is 0 Å². The van der Waals surface area contributed by atoms with Crippen molar-refractivity contribution >= 4 is 26.6 Å². The molecule has 1 aliphatic rings. The molecule has 1 saturated heterocycles. The van der Waals surface area contributed by atoms with Crippen LogP contribution < -0.4 is 0 Å². The maximum absolute atomic E-state index is 11.3. The lowest BCUT2D eigenvalue weighted by Crippen LogP contribution is -2.06. The van der Waals surface area contributed by atoms with Crippen LogP contribution in [0.15, 0.2) is 0 Å². The third kappa shape index (κ3) is 4.13. The van der Waals surface area contributed by atoms with Gasteiger partial charge in [-0.15, -0.1) is 0 Å². The number of unbranched alkanes of at least 4 members (excludes halogenated alkanes) is 1. The van der Waals surface area contributed by atoms with Crippen molar-refractivity contribution < 1.29 is 14.1 Å². The normalized spacial score (nSPS) is 27.7. The van der Waals surface area contributed by atoms with Crippen molar-refractivity contribution in [2.75, 3.05) is 5.75 Å². The molecule has 0 radical (unpaired) electrons. The van der Waals surface area contributed by atoms with Crippen LogP contribution in [0.2, 0.25) is 0 Å². The highest BCUT2D eigenvalue weighted by molar-refractivity contribution is 8.69. The van der Waals surface area contributed by atoms with Crippen LogP contribution in [0.25, 0.3) is 0 Å². The molecule has 0 unspecified atom stereocenters. The van der Waals surface area contributed by atoms with E-state index in [1.54, 1.807) is 0 Å². The fraction of sp³-hybridized carbons (Fsp3) is 0.875. The molecule has 13 heavy (non-hydrogen) atoms. The highest BCUT2D eigenvalue weighted by Gasteiger charge is 2.23. The monoisotopic (exact) mass is 222 g/mol. The van der Waals surface area contributed by atoms with Crippen molar-refractivity contribution in [3.05, 3.63) is 0 Å². The van der Waals surface area contributed by atoms with E-state index in [-0.39, 0.29) is 6.42 Å². The first kappa shape index (κ1) is 11.0. The Morgan fingerprint density at radius 1 is 1.54 bits per heavy atom. The van der Waals surface area contributed by atoms with E-state index in [9.17, 15) is 9.00 Å². The average Bonchev–Trinajstić information content (AvgIpc) is 2.45. The summed E-state index contributed by atoms with van der Waals surface area (Å²) >= 11 is 0. The second-order valence-corrected chi connectivity index (χ2v) is 6.66. The molecule has 3 nitrogen and oxygen atoms in total. The highest BCUT2D eigenvalue weighted by atomic mass is 33.1. The molecule has 1 aliphatic heterocycles. The molecule has 1 heterocycles. The zero-order valence-electron chi connectivity index (χ0n) is 7.40. The third-order valence-electron chi connectivity index (χ3n) is 2.08. The standard InChI is InChI=1S/C8H14O3S2/c9-8(10)4-2-1-3-7-5-6-12-13(7)11/h7H,1-6H2,(H,9,10)/t7-,13+/m0/s1. The van der Waals surface area contributed by atoms with E-state index < -0.39 is 15.8 Å².